The smallest absolute Gasteiger partial charge is 0.0471 e. The molecule has 18 heavy (non-hydrogen) atoms. The quantitative estimate of drug-likeness (QED) is 0.896. The molecule has 0 aliphatic carbocycles. The third kappa shape index (κ3) is 3.71. The summed E-state index contributed by atoms with van der Waals surface area (Å²) in [6.07, 6.45) is 2.29. The molecule has 2 rings (SSSR count). The molecule has 0 spiro atoms. The van der Waals surface area contributed by atoms with Crippen molar-refractivity contribution in [3.63, 3.8) is 0 Å². The standard InChI is InChI=1S/C15H22ClNO/c1-12(13-3-5-14(16)6-4-13)17-11-15(2)7-9-18-10-8-15/h3-6,12,17H,7-11H2,1-2H3. The second kappa shape index (κ2) is 6.05. The van der Waals surface area contributed by atoms with Gasteiger partial charge in [0, 0.05) is 30.8 Å². The van der Waals surface area contributed by atoms with E-state index in [0.29, 0.717) is 11.5 Å². The lowest BCUT2D eigenvalue weighted by Crippen LogP contribution is -2.37. The Kier molecular flexibility index (Phi) is 4.66. The monoisotopic (exact) mass is 267 g/mol. The molecule has 1 saturated heterocycles. The lowest BCUT2D eigenvalue weighted by atomic mass is 9.82. The van der Waals surface area contributed by atoms with Crippen molar-refractivity contribution >= 4 is 11.6 Å². The van der Waals surface area contributed by atoms with Gasteiger partial charge in [0.2, 0.25) is 0 Å². The molecule has 0 saturated carbocycles. The fourth-order valence-electron chi connectivity index (χ4n) is 2.31. The molecule has 1 fully saturated rings. The summed E-state index contributed by atoms with van der Waals surface area (Å²) < 4.78 is 5.43. The summed E-state index contributed by atoms with van der Waals surface area (Å²) in [6, 6.07) is 8.44. The molecule has 0 radical (unpaired) electrons. The van der Waals surface area contributed by atoms with Crippen LogP contribution in [0.3, 0.4) is 0 Å². The van der Waals surface area contributed by atoms with Gasteiger partial charge in [-0.05, 0) is 42.9 Å². The van der Waals surface area contributed by atoms with Crippen molar-refractivity contribution < 1.29 is 4.74 Å². The van der Waals surface area contributed by atoms with Crippen LogP contribution in [0.2, 0.25) is 5.02 Å². The van der Waals surface area contributed by atoms with Gasteiger partial charge in [0.1, 0.15) is 0 Å². The van der Waals surface area contributed by atoms with Crippen molar-refractivity contribution in [1.82, 2.24) is 5.32 Å². The van der Waals surface area contributed by atoms with Crippen LogP contribution in [0.5, 0.6) is 0 Å². The van der Waals surface area contributed by atoms with Crippen LogP contribution in [0.15, 0.2) is 24.3 Å². The van der Waals surface area contributed by atoms with Crippen molar-refractivity contribution in [2.24, 2.45) is 5.41 Å². The zero-order chi connectivity index (χ0) is 13.0. The molecule has 0 aromatic heterocycles. The van der Waals surface area contributed by atoms with Gasteiger partial charge in [-0.25, -0.2) is 0 Å². The van der Waals surface area contributed by atoms with Crippen LogP contribution in [0.1, 0.15) is 38.3 Å². The van der Waals surface area contributed by atoms with Crippen LogP contribution in [-0.4, -0.2) is 19.8 Å². The first-order valence-electron chi connectivity index (χ1n) is 6.66. The summed E-state index contributed by atoms with van der Waals surface area (Å²) in [5.74, 6) is 0. The molecule has 1 aliphatic heterocycles. The fraction of sp³-hybridized carbons (Fsp3) is 0.600. The molecule has 1 N–H and O–H groups in total. The van der Waals surface area contributed by atoms with Crippen LogP contribution in [0.4, 0.5) is 0 Å². The van der Waals surface area contributed by atoms with E-state index in [1.54, 1.807) is 0 Å². The molecule has 1 atom stereocenters. The average Bonchev–Trinajstić information content (AvgIpc) is 2.38. The van der Waals surface area contributed by atoms with E-state index < -0.39 is 0 Å². The van der Waals surface area contributed by atoms with Gasteiger partial charge >= 0.3 is 0 Å². The van der Waals surface area contributed by atoms with E-state index in [-0.39, 0.29) is 0 Å². The van der Waals surface area contributed by atoms with E-state index in [4.69, 9.17) is 16.3 Å². The average molecular weight is 268 g/mol. The lowest BCUT2D eigenvalue weighted by Gasteiger charge is -2.34. The Labute approximate surface area is 115 Å². The topological polar surface area (TPSA) is 21.3 Å². The minimum Gasteiger partial charge on any atom is -0.381 e. The molecule has 1 heterocycles. The maximum absolute atomic E-state index is 5.90. The molecule has 1 aromatic carbocycles. The van der Waals surface area contributed by atoms with Crippen LogP contribution in [-0.2, 0) is 4.74 Å². The predicted molar refractivity (Wildman–Crippen MR) is 76.0 cm³/mol. The van der Waals surface area contributed by atoms with Gasteiger partial charge < -0.3 is 10.1 Å². The highest BCUT2D eigenvalue weighted by atomic mass is 35.5. The summed E-state index contributed by atoms with van der Waals surface area (Å²) in [5.41, 5.74) is 1.66. The number of hydrogen-bond donors (Lipinski definition) is 1. The van der Waals surface area contributed by atoms with Crippen molar-refractivity contribution in [2.75, 3.05) is 19.8 Å². The van der Waals surface area contributed by atoms with E-state index >= 15 is 0 Å². The number of ether oxygens (including phenoxy) is 1. The van der Waals surface area contributed by atoms with Crippen LogP contribution in [0.25, 0.3) is 0 Å². The Morgan fingerprint density at radius 1 is 1.28 bits per heavy atom. The molecule has 1 unspecified atom stereocenters. The summed E-state index contributed by atoms with van der Waals surface area (Å²) in [5, 5.41) is 4.42. The minimum absolute atomic E-state index is 0.363. The van der Waals surface area contributed by atoms with Gasteiger partial charge in [0.05, 0.1) is 0 Å². The summed E-state index contributed by atoms with van der Waals surface area (Å²) in [6.45, 7) is 7.38. The molecule has 0 amide bonds. The van der Waals surface area contributed by atoms with Gasteiger partial charge in [-0.3, -0.25) is 0 Å². The van der Waals surface area contributed by atoms with Crippen LogP contribution < -0.4 is 5.32 Å². The Balaban J connectivity index is 1.87. The maximum Gasteiger partial charge on any atom is 0.0471 e. The number of nitrogens with one attached hydrogen (secondary N) is 1. The number of hydrogen-bond acceptors (Lipinski definition) is 2. The second-order valence-electron chi connectivity index (χ2n) is 5.58. The zero-order valence-electron chi connectivity index (χ0n) is 11.2. The first kappa shape index (κ1) is 13.9. The van der Waals surface area contributed by atoms with Crippen LogP contribution >= 0.6 is 11.6 Å². The summed E-state index contributed by atoms with van der Waals surface area (Å²) in [7, 11) is 0. The molecule has 0 bridgehead atoms. The van der Waals surface area contributed by atoms with Crippen molar-refractivity contribution in [2.45, 2.75) is 32.7 Å². The highest BCUT2D eigenvalue weighted by Gasteiger charge is 2.27. The van der Waals surface area contributed by atoms with E-state index in [9.17, 15) is 0 Å². The van der Waals surface area contributed by atoms with Crippen molar-refractivity contribution in [1.29, 1.82) is 0 Å². The van der Waals surface area contributed by atoms with E-state index in [1.807, 2.05) is 12.1 Å². The molecule has 100 valence electrons. The van der Waals surface area contributed by atoms with Gasteiger partial charge in [-0.2, -0.15) is 0 Å². The van der Waals surface area contributed by atoms with E-state index in [1.165, 1.54) is 5.56 Å². The largest absolute Gasteiger partial charge is 0.381 e. The normalized spacial score (nSPS) is 20.6. The molecule has 3 heteroatoms. The van der Waals surface area contributed by atoms with E-state index in [0.717, 1.165) is 37.6 Å². The van der Waals surface area contributed by atoms with Crippen molar-refractivity contribution in [3.8, 4) is 0 Å². The lowest BCUT2D eigenvalue weighted by molar-refractivity contribution is 0.0231. The number of halogens is 1. The Hall–Kier alpha value is -0.570. The fourth-order valence-corrected chi connectivity index (χ4v) is 2.44. The first-order valence-corrected chi connectivity index (χ1v) is 7.03. The van der Waals surface area contributed by atoms with Gasteiger partial charge in [0.15, 0.2) is 0 Å². The molecular formula is C15H22ClNO. The summed E-state index contributed by atoms with van der Waals surface area (Å²) >= 11 is 5.90. The molecule has 2 nitrogen and oxygen atoms in total. The van der Waals surface area contributed by atoms with Gasteiger partial charge in [0.25, 0.3) is 0 Å². The maximum atomic E-state index is 5.90. The van der Waals surface area contributed by atoms with Crippen molar-refractivity contribution in [3.05, 3.63) is 34.9 Å². The molecule has 1 aliphatic rings. The Morgan fingerprint density at radius 2 is 1.89 bits per heavy atom. The first-order chi connectivity index (χ1) is 8.59. The molecule has 1 aromatic rings. The highest BCUT2D eigenvalue weighted by Crippen LogP contribution is 2.29. The number of rotatable bonds is 4. The Bertz CT molecular complexity index is 371. The van der Waals surface area contributed by atoms with Gasteiger partial charge in [-0.1, -0.05) is 30.7 Å². The SMILES string of the molecule is CC(NCC1(C)CCOCC1)c1ccc(Cl)cc1. The third-order valence-corrected chi connectivity index (χ3v) is 4.16. The minimum atomic E-state index is 0.363. The highest BCUT2D eigenvalue weighted by molar-refractivity contribution is 6.30. The molecular weight excluding hydrogens is 246 g/mol. The van der Waals surface area contributed by atoms with Crippen LogP contribution in [0, 0.1) is 5.41 Å². The van der Waals surface area contributed by atoms with E-state index in [2.05, 4.69) is 31.3 Å². The predicted octanol–water partition coefficient (Wildman–Crippen LogP) is 3.81. The summed E-state index contributed by atoms with van der Waals surface area (Å²) in [4.78, 5) is 0. The van der Waals surface area contributed by atoms with Gasteiger partial charge in [-0.15, -0.1) is 0 Å². The zero-order valence-corrected chi connectivity index (χ0v) is 12.0. The number of benzene rings is 1. The third-order valence-electron chi connectivity index (χ3n) is 3.90. The second-order valence-corrected chi connectivity index (χ2v) is 6.01. The Morgan fingerprint density at radius 3 is 2.50 bits per heavy atom.